The second kappa shape index (κ2) is 13.6. The third-order valence-electron chi connectivity index (χ3n) is 12.6. The van der Waals surface area contributed by atoms with Gasteiger partial charge < -0.3 is 9.32 Å². The predicted octanol–water partition coefficient (Wildman–Crippen LogP) is 15.5. The number of nitrogens with zero attached hydrogens (tertiary/aromatic N) is 3. The second-order valence-corrected chi connectivity index (χ2v) is 16.6. The smallest absolute Gasteiger partial charge is 0.160 e. The molecule has 0 unspecified atom stereocenters. The van der Waals surface area contributed by atoms with Gasteiger partial charge in [-0.3, -0.25) is 0 Å². The highest BCUT2D eigenvalue weighted by Crippen LogP contribution is 2.51. The molecule has 2 aromatic heterocycles. The van der Waals surface area contributed by atoms with Crippen LogP contribution >= 0.6 is 0 Å². The number of rotatable bonds is 6. The molecule has 9 aromatic carbocycles. The maximum absolute atomic E-state index is 6.75. The predicted molar refractivity (Wildman–Crippen MR) is 253 cm³/mol. The van der Waals surface area contributed by atoms with E-state index in [-0.39, 0.29) is 5.41 Å². The molecule has 0 radical (unpaired) electrons. The zero-order chi connectivity index (χ0) is 40.7. The molecule has 1 aliphatic carbocycles. The van der Waals surface area contributed by atoms with Crippen LogP contribution < -0.4 is 4.90 Å². The molecule has 4 nitrogen and oxygen atoms in total. The summed E-state index contributed by atoms with van der Waals surface area (Å²) in [5, 5.41) is 5.52. The molecule has 0 N–H and O–H groups in total. The minimum atomic E-state index is -0.124. The van der Waals surface area contributed by atoms with E-state index in [0.29, 0.717) is 5.82 Å². The summed E-state index contributed by atoms with van der Waals surface area (Å²) in [6, 6.07) is 71.2. The molecule has 1 aliphatic rings. The van der Waals surface area contributed by atoms with Crippen LogP contribution in [-0.2, 0) is 5.41 Å². The molecule has 11 aromatic rings. The number of hydrogen-bond donors (Lipinski definition) is 0. The Hall–Kier alpha value is -7.82. The molecule has 12 rings (SSSR count). The van der Waals surface area contributed by atoms with E-state index in [4.69, 9.17) is 14.4 Å². The summed E-state index contributed by atoms with van der Waals surface area (Å²) in [6.45, 7) is 4.67. The molecule has 2 heterocycles. The quantitative estimate of drug-likeness (QED) is 0.168. The number of benzene rings is 9. The van der Waals surface area contributed by atoms with E-state index in [1.807, 2.05) is 6.07 Å². The summed E-state index contributed by atoms with van der Waals surface area (Å²) in [6.07, 6.45) is 0. The zero-order valence-corrected chi connectivity index (χ0v) is 33.8. The Morgan fingerprint density at radius 2 is 1.10 bits per heavy atom. The van der Waals surface area contributed by atoms with Crippen molar-refractivity contribution in [2.24, 2.45) is 0 Å². The average Bonchev–Trinajstić information content (AvgIpc) is 3.78. The molecule has 0 atom stereocenters. The van der Waals surface area contributed by atoms with Crippen molar-refractivity contribution in [2.45, 2.75) is 19.3 Å². The number of anilines is 3. The Kier molecular flexibility index (Phi) is 7.85. The van der Waals surface area contributed by atoms with Gasteiger partial charge in [-0.2, -0.15) is 0 Å². The molecule has 61 heavy (non-hydrogen) atoms. The van der Waals surface area contributed by atoms with Crippen molar-refractivity contribution in [3.05, 3.63) is 211 Å². The molecule has 0 spiro atoms. The Morgan fingerprint density at radius 1 is 0.426 bits per heavy atom. The van der Waals surface area contributed by atoms with Crippen LogP contribution in [-0.4, -0.2) is 9.97 Å². The number of hydrogen-bond acceptors (Lipinski definition) is 4. The molecular weight excluding hydrogens is 743 g/mol. The highest BCUT2D eigenvalue weighted by molar-refractivity contribution is 6.17. The second-order valence-electron chi connectivity index (χ2n) is 16.6. The Labute approximate surface area is 354 Å². The minimum Gasteiger partial charge on any atom is -0.456 e. The SMILES string of the molecule is CC1(C)c2ccccc2-c2ccc(N(c3ccccc3)c3cccc(-c4nc(-c5cc(-c6ccccc6)c6c(c5)oc5cc7ccccc7cc56)c5ccccc5n4)c3)cc21. The fourth-order valence-corrected chi connectivity index (χ4v) is 9.64. The normalized spacial score (nSPS) is 12.9. The molecule has 0 saturated heterocycles. The monoisotopic (exact) mass is 781 g/mol. The van der Waals surface area contributed by atoms with Crippen molar-refractivity contribution < 1.29 is 4.42 Å². The molecule has 288 valence electrons. The van der Waals surface area contributed by atoms with Gasteiger partial charge in [-0.1, -0.05) is 147 Å². The number of furan rings is 1. The standard InChI is InChI=1S/C57H39N3O/c1-57(2)49-26-13-11-24-44(49)45-29-28-43(35-50(45)57)60(41-21-7-4-8-22-41)42-23-15-20-39(30-42)56-58-51-27-14-12-25-46(51)55(59-56)40-32-47(36-16-5-3-6-17-36)54-48-31-37-18-9-10-19-38(37)33-52(48)61-53(54)34-40/h3-35H,1-2H3. The van der Waals surface area contributed by atoms with Gasteiger partial charge in [-0.05, 0) is 111 Å². The lowest BCUT2D eigenvalue weighted by Gasteiger charge is -2.28. The Balaban J connectivity index is 1.03. The van der Waals surface area contributed by atoms with Gasteiger partial charge in [0.2, 0.25) is 0 Å². The van der Waals surface area contributed by atoms with Crippen LogP contribution in [0.15, 0.2) is 205 Å². The molecule has 0 saturated carbocycles. The van der Waals surface area contributed by atoms with Gasteiger partial charge in [0.05, 0.1) is 11.2 Å². The lowest BCUT2D eigenvalue weighted by molar-refractivity contribution is 0.660. The fraction of sp³-hybridized carbons (Fsp3) is 0.0526. The van der Waals surface area contributed by atoms with Gasteiger partial charge >= 0.3 is 0 Å². The number of para-hydroxylation sites is 2. The highest BCUT2D eigenvalue weighted by atomic mass is 16.3. The Morgan fingerprint density at radius 3 is 1.95 bits per heavy atom. The van der Waals surface area contributed by atoms with E-state index >= 15 is 0 Å². The summed E-state index contributed by atoms with van der Waals surface area (Å²) < 4.78 is 6.75. The third kappa shape index (κ3) is 5.67. The van der Waals surface area contributed by atoms with Crippen LogP contribution in [0.5, 0.6) is 0 Å². The first kappa shape index (κ1) is 35.2. The Bertz CT molecular complexity index is 3510. The third-order valence-corrected chi connectivity index (χ3v) is 12.6. The van der Waals surface area contributed by atoms with Crippen LogP contribution in [0.1, 0.15) is 25.0 Å². The van der Waals surface area contributed by atoms with Crippen LogP contribution in [0.4, 0.5) is 17.1 Å². The summed E-state index contributed by atoms with van der Waals surface area (Å²) in [4.78, 5) is 13.0. The largest absolute Gasteiger partial charge is 0.456 e. The van der Waals surface area contributed by atoms with Crippen molar-refractivity contribution in [1.82, 2.24) is 9.97 Å². The van der Waals surface area contributed by atoms with Gasteiger partial charge in [0.15, 0.2) is 5.82 Å². The molecule has 0 aliphatic heterocycles. The number of fused-ring (bicyclic) bond motifs is 8. The molecule has 0 amide bonds. The summed E-state index contributed by atoms with van der Waals surface area (Å²) in [7, 11) is 0. The van der Waals surface area contributed by atoms with E-state index < -0.39 is 0 Å². The summed E-state index contributed by atoms with van der Waals surface area (Å²) in [5.41, 5.74) is 15.9. The van der Waals surface area contributed by atoms with Crippen LogP contribution in [0.2, 0.25) is 0 Å². The molecule has 0 bridgehead atoms. The number of aromatic nitrogens is 2. The minimum absolute atomic E-state index is 0.124. The van der Waals surface area contributed by atoms with Gasteiger partial charge in [-0.15, -0.1) is 0 Å². The van der Waals surface area contributed by atoms with Crippen LogP contribution in [0, 0.1) is 0 Å². The topological polar surface area (TPSA) is 42.2 Å². The first-order valence-corrected chi connectivity index (χ1v) is 20.9. The van der Waals surface area contributed by atoms with Crippen molar-refractivity contribution in [1.29, 1.82) is 0 Å². The van der Waals surface area contributed by atoms with Crippen molar-refractivity contribution in [3.63, 3.8) is 0 Å². The molecular formula is C57H39N3O. The van der Waals surface area contributed by atoms with Gasteiger partial charge in [-0.25, -0.2) is 9.97 Å². The first-order chi connectivity index (χ1) is 30.0. The highest BCUT2D eigenvalue weighted by Gasteiger charge is 2.35. The van der Waals surface area contributed by atoms with Crippen molar-refractivity contribution >= 4 is 60.7 Å². The lowest BCUT2D eigenvalue weighted by atomic mass is 9.82. The maximum atomic E-state index is 6.75. The van der Waals surface area contributed by atoms with E-state index in [1.165, 1.54) is 27.6 Å². The molecule has 4 heteroatoms. The van der Waals surface area contributed by atoms with Gasteiger partial charge in [0.1, 0.15) is 11.2 Å². The van der Waals surface area contributed by atoms with E-state index in [9.17, 15) is 0 Å². The lowest BCUT2D eigenvalue weighted by Crippen LogP contribution is -2.16. The van der Waals surface area contributed by atoms with Crippen molar-refractivity contribution in [3.8, 4) is 44.9 Å². The zero-order valence-electron chi connectivity index (χ0n) is 33.8. The van der Waals surface area contributed by atoms with Gasteiger partial charge in [0.25, 0.3) is 0 Å². The summed E-state index contributed by atoms with van der Waals surface area (Å²) >= 11 is 0. The summed E-state index contributed by atoms with van der Waals surface area (Å²) in [5.74, 6) is 0.659. The van der Waals surface area contributed by atoms with Crippen molar-refractivity contribution in [2.75, 3.05) is 4.90 Å². The maximum Gasteiger partial charge on any atom is 0.160 e. The first-order valence-electron chi connectivity index (χ1n) is 20.9. The molecule has 0 fully saturated rings. The van der Waals surface area contributed by atoms with E-state index in [0.717, 1.165) is 83.2 Å². The van der Waals surface area contributed by atoms with E-state index in [1.54, 1.807) is 0 Å². The van der Waals surface area contributed by atoms with E-state index in [2.05, 4.69) is 213 Å². The average molecular weight is 782 g/mol. The fourth-order valence-electron chi connectivity index (χ4n) is 9.64. The van der Waals surface area contributed by atoms with Crippen LogP contribution in [0.3, 0.4) is 0 Å². The van der Waals surface area contributed by atoms with Gasteiger partial charge in [0, 0.05) is 49.8 Å². The van der Waals surface area contributed by atoms with Crippen LogP contribution in [0.25, 0.3) is 88.5 Å².